The van der Waals surface area contributed by atoms with Crippen molar-refractivity contribution in [1.82, 2.24) is 24.7 Å². The molecule has 0 aliphatic carbocycles. The van der Waals surface area contributed by atoms with Crippen LogP contribution < -0.4 is 0 Å². The predicted octanol–water partition coefficient (Wildman–Crippen LogP) is 2.31. The molecule has 28 heavy (non-hydrogen) atoms. The maximum absolute atomic E-state index is 12.9. The highest BCUT2D eigenvalue weighted by Crippen LogP contribution is 2.40. The summed E-state index contributed by atoms with van der Waals surface area (Å²) in [4.78, 5) is 29.5. The number of likely N-dealkylation sites (tertiary alicyclic amines) is 2. The van der Waals surface area contributed by atoms with E-state index in [1.54, 1.807) is 16.9 Å². The Labute approximate surface area is 164 Å². The van der Waals surface area contributed by atoms with Gasteiger partial charge < -0.3 is 14.3 Å². The zero-order valence-electron chi connectivity index (χ0n) is 16.8. The predicted molar refractivity (Wildman–Crippen MR) is 102 cm³/mol. The Bertz CT molecular complexity index is 872. The van der Waals surface area contributed by atoms with Crippen molar-refractivity contribution in [3.05, 3.63) is 35.0 Å². The summed E-state index contributed by atoms with van der Waals surface area (Å²) in [6.45, 7) is 8.30. The third-order valence-electron chi connectivity index (χ3n) is 6.39. The van der Waals surface area contributed by atoms with Crippen molar-refractivity contribution in [2.75, 3.05) is 13.1 Å². The van der Waals surface area contributed by atoms with Crippen LogP contribution in [-0.2, 0) is 17.9 Å². The summed E-state index contributed by atoms with van der Waals surface area (Å²) in [7, 11) is 0. The fraction of sp³-hybridized carbons (Fsp3) is 0.600. The highest BCUT2D eigenvalue weighted by Gasteiger charge is 2.47. The number of rotatable bonds is 4. The van der Waals surface area contributed by atoms with Gasteiger partial charge in [0, 0.05) is 43.4 Å². The molecule has 2 saturated heterocycles. The smallest absolute Gasteiger partial charge is 0.272 e. The molecule has 4 rings (SSSR count). The van der Waals surface area contributed by atoms with Crippen molar-refractivity contribution in [3.8, 4) is 0 Å². The average molecular weight is 385 g/mol. The number of nitrogens with zero attached hydrogens (tertiary/aromatic N) is 5. The number of carbonyl (C=O) groups is 2. The normalized spacial score (nSPS) is 19.0. The number of piperidine rings is 1. The lowest BCUT2D eigenvalue weighted by molar-refractivity contribution is -0.133. The zero-order valence-corrected chi connectivity index (χ0v) is 16.8. The SMILES string of the molecule is CCn1nccc1C(=O)N1CCC2(CCC(=O)N2Cc2c(C)noc2C)CC1. The molecule has 2 amide bonds. The summed E-state index contributed by atoms with van der Waals surface area (Å²) in [5, 5.41) is 8.23. The van der Waals surface area contributed by atoms with E-state index in [1.165, 1.54) is 0 Å². The van der Waals surface area contributed by atoms with Crippen LogP contribution in [-0.4, -0.2) is 55.2 Å². The molecule has 2 fully saturated rings. The molecule has 0 bridgehead atoms. The van der Waals surface area contributed by atoms with Crippen molar-refractivity contribution in [2.24, 2.45) is 0 Å². The van der Waals surface area contributed by atoms with Crippen LogP contribution in [0.15, 0.2) is 16.8 Å². The number of hydrogen-bond donors (Lipinski definition) is 0. The Morgan fingerprint density at radius 3 is 2.64 bits per heavy atom. The second-order valence-electron chi connectivity index (χ2n) is 7.83. The molecular weight excluding hydrogens is 358 g/mol. The molecule has 2 aliphatic heterocycles. The van der Waals surface area contributed by atoms with Crippen LogP contribution in [0.2, 0.25) is 0 Å². The van der Waals surface area contributed by atoms with E-state index in [2.05, 4.69) is 10.3 Å². The largest absolute Gasteiger partial charge is 0.361 e. The van der Waals surface area contributed by atoms with Gasteiger partial charge in [0.05, 0.1) is 12.2 Å². The maximum atomic E-state index is 12.9. The quantitative estimate of drug-likeness (QED) is 0.806. The molecule has 1 spiro atoms. The van der Waals surface area contributed by atoms with Crippen molar-refractivity contribution in [3.63, 3.8) is 0 Å². The molecule has 0 aromatic carbocycles. The van der Waals surface area contributed by atoms with Gasteiger partial charge in [0.25, 0.3) is 5.91 Å². The Hall–Kier alpha value is -2.64. The molecule has 2 aromatic rings. The fourth-order valence-electron chi connectivity index (χ4n) is 4.59. The second kappa shape index (κ2) is 7.07. The number of carbonyl (C=O) groups excluding carboxylic acids is 2. The topological polar surface area (TPSA) is 84.5 Å². The number of aryl methyl sites for hydroxylation is 3. The van der Waals surface area contributed by atoms with Gasteiger partial charge in [-0.3, -0.25) is 14.3 Å². The summed E-state index contributed by atoms with van der Waals surface area (Å²) in [6, 6.07) is 1.78. The number of amides is 2. The van der Waals surface area contributed by atoms with Crippen molar-refractivity contribution < 1.29 is 14.1 Å². The summed E-state index contributed by atoms with van der Waals surface area (Å²) in [5.41, 5.74) is 2.30. The molecule has 2 aliphatic rings. The van der Waals surface area contributed by atoms with Crippen LogP contribution in [0.4, 0.5) is 0 Å². The summed E-state index contributed by atoms with van der Waals surface area (Å²) in [5.74, 6) is 0.979. The van der Waals surface area contributed by atoms with Gasteiger partial charge in [-0.25, -0.2) is 0 Å². The van der Waals surface area contributed by atoms with E-state index in [4.69, 9.17) is 4.52 Å². The van der Waals surface area contributed by atoms with E-state index in [0.717, 1.165) is 36.3 Å². The van der Waals surface area contributed by atoms with Gasteiger partial charge in [-0.2, -0.15) is 5.10 Å². The molecule has 2 aromatic heterocycles. The minimum absolute atomic E-state index is 0.0239. The summed E-state index contributed by atoms with van der Waals surface area (Å²) >= 11 is 0. The van der Waals surface area contributed by atoms with Crippen molar-refractivity contribution in [1.29, 1.82) is 0 Å². The van der Waals surface area contributed by atoms with Gasteiger partial charge >= 0.3 is 0 Å². The first kappa shape index (κ1) is 18.7. The molecule has 0 saturated carbocycles. The van der Waals surface area contributed by atoms with E-state index in [1.807, 2.05) is 30.6 Å². The lowest BCUT2D eigenvalue weighted by Crippen LogP contribution is -2.54. The fourth-order valence-corrected chi connectivity index (χ4v) is 4.59. The Balaban J connectivity index is 1.49. The minimum atomic E-state index is -0.172. The van der Waals surface area contributed by atoms with E-state index in [0.29, 0.717) is 38.3 Å². The van der Waals surface area contributed by atoms with Gasteiger partial charge in [-0.1, -0.05) is 5.16 Å². The minimum Gasteiger partial charge on any atom is -0.361 e. The van der Waals surface area contributed by atoms with E-state index in [9.17, 15) is 9.59 Å². The van der Waals surface area contributed by atoms with Crippen LogP contribution in [0.25, 0.3) is 0 Å². The highest BCUT2D eigenvalue weighted by molar-refractivity contribution is 5.92. The Morgan fingerprint density at radius 2 is 2.00 bits per heavy atom. The molecular formula is C20H27N5O3. The van der Waals surface area contributed by atoms with E-state index >= 15 is 0 Å². The third kappa shape index (κ3) is 3.00. The molecule has 8 heteroatoms. The first-order valence-corrected chi connectivity index (χ1v) is 9.98. The van der Waals surface area contributed by atoms with Gasteiger partial charge in [0.2, 0.25) is 5.91 Å². The lowest BCUT2D eigenvalue weighted by atomic mass is 9.84. The standard InChI is InChI=1S/C20H27N5O3/c1-4-25-17(6-10-21-25)19(27)23-11-8-20(9-12-23)7-5-18(26)24(20)13-16-14(2)22-28-15(16)3/h6,10H,4-5,7-9,11-13H2,1-3H3. The zero-order chi connectivity index (χ0) is 19.9. The number of hydrogen-bond acceptors (Lipinski definition) is 5. The van der Waals surface area contributed by atoms with Gasteiger partial charge in [0.15, 0.2) is 0 Å². The lowest BCUT2D eigenvalue weighted by Gasteiger charge is -2.45. The first-order chi connectivity index (χ1) is 13.4. The van der Waals surface area contributed by atoms with E-state index < -0.39 is 0 Å². The molecule has 8 nitrogen and oxygen atoms in total. The highest BCUT2D eigenvalue weighted by atomic mass is 16.5. The Morgan fingerprint density at radius 1 is 1.25 bits per heavy atom. The van der Waals surface area contributed by atoms with Crippen LogP contribution in [0.3, 0.4) is 0 Å². The summed E-state index contributed by atoms with van der Waals surface area (Å²) < 4.78 is 7.01. The monoisotopic (exact) mass is 385 g/mol. The molecule has 4 heterocycles. The van der Waals surface area contributed by atoms with Gasteiger partial charge in [0.1, 0.15) is 11.5 Å². The van der Waals surface area contributed by atoms with Crippen LogP contribution in [0.5, 0.6) is 0 Å². The van der Waals surface area contributed by atoms with Gasteiger partial charge in [-0.15, -0.1) is 0 Å². The van der Waals surface area contributed by atoms with Gasteiger partial charge in [-0.05, 0) is 46.1 Å². The Kier molecular flexibility index (Phi) is 4.72. The molecule has 0 N–H and O–H groups in total. The second-order valence-corrected chi connectivity index (χ2v) is 7.83. The molecule has 0 radical (unpaired) electrons. The summed E-state index contributed by atoms with van der Waals surface area (Å²) in [6.07, 6.45) is 4.69. The first-order valence-electron chi connectivity index (χ1n) is 9.98. The third-order valence-corrected chi connectivity index (χ3v) is 6.39. The van der Waals surface area contributed by atoms with E-state index in [-0.39, 0.29) is 17.4 Å². The van der Waals surface area contributed by atoms with Crippen molar-refractivity contribution >= 4 is 11.8 Å². The molecule has 150 valence electrons. The van der Waals surface area contributed by atoms with Crippen molar-refractivity contribution in [2.45, 2.75) is 65.1 Å². The van der Waals surface area contributed by atoms with Crippen LogP contribution >= 0.6 is 0 Å². The average Bonchev–Trinajstić information content (AvgIpc) is 3.38. The molecule has 0 atom stereocenters. The van der Waals surface area contributed by atoms with Crippen LogP contribution in [0.1, 0.15) is 60.1 Å². The number of aromatic nitrogens is 3. The van der Waals surface area contributed by atoms with Crippen LogP contribution in [0, 0.1) is 13.8 Å². The molecule has 0 unspecified atom stereocenters. The maximum Gasteiger partial charge on any atom is 0.272 e.